The first kappa shape index (κ1) is 14.9. The third-order valence-corrected chi connectivity index (χ3v) is 2.20. The van der Waals surface area contributed by atoms with Crippen molar-refractivity contribution in [2.45, 2.75) is 6.92 Å². The average Bonchev–Trinajstić information content (AvgIpc) is 2.43. The fourth-order valence-electron chi connectivity index (χ4n) is 1.36. The number of hydrogen-bond donors (Lipinski definition) is 2. The van der Waals surface area contributed by atoms with Crippen LogP contribution < -0.4 is 20.1 Å². The van der Waals surface area contributed by atoms with Gasteiger partial charge in [0.25, 0.3) is 0 Å². The van der Waals surface area contributed by atoms with Gasteiger partial charge in [-0.15, -0.1) is 6.58 Å². The molecule has 0 heterocycles. The summed E-state index contributed by atoms with van der Waals surface area (Å²) in [5.41, 5.74) is 0. The van der Waals surface area contributed by atoms with Gasteiger partial charge >= 0.3 is 6.03 Å². The number of rotatable bonds is 8. The molecule has 0 aliphatic heterocycles. The van der Waals surface area contributed by atoms with Crippen LogP contribution in [0.15, 0.2) is 36.9 Å². The Bertz CT molecular complexity index is 390. The van der Waals surface area contributed by atoms with Gasteiger partial charge in [-0.2, -0.15) is 0 Å². The van der Waals surface area contributed by atoms with Gasteiger partial charge in [-0.25, -0.2) is 4.79 Å². The second kappa shape index (κ2) is 8.85. The number of hydrogen-bond acceptors (Lipinski definition) is 3. The molecule has 1 rings (SSSR count). The van der Waals surface area contributed by atoms with Gasteiger partial charge in [0.05, 0.1) is 13.2 Å². The van der Waals surface area contributed by atoms with Crippen LogP contribution in [0, 0.1) is 0 Å². The monoisotopic (exact) mass is 264 g/mol. The van der Waals surface area contributed by atoms with Crippen LogP contribution in [-0.2, 0) is 0 Å². The Labute approximate surface area is 113 Å². The molecule has 104 valence electrons. The lowest BCUT2D eigenvalue weighted by Crippen LogP contribution is -2.37. The van der Waals surface area contributed by atoms with Gasteiger partial charge in [-0.1, -0.05) is 6.08 Å². The zero-order valence-corrected chi connectivity index (χ0v) is 11.1. The molecule has 5 heteroatoms. The van der Waals surface area contributed by atoms with Crippen LogP contribution in [0.1, 0.15) is 6.92 Å². The minimum atomic E-state index is -0.227. The van der Waals surface area contributed by atoms with E-state index in [-0.39, 0.29) is 6.03 Å². The van der Waals surface area contributed by atoms with E-state index >= 15 is 0 Å². The third-order valence-electron chi connectivity index (χ3n) is 2.20. The first-order chi connectivity index (χ1) is 9.26. The van der Waals surface area contributed by atoms with Gasteiger partial charge in [-0.05, 0) is 31.2 Å². The number of carbonyl (C=O) groups is 1. The van der Waals surface area contributed by atoms with Crippen molar-refractivity contribution in [3.63, 3.8) is 0 Å². The van der Waals surface area contributed by atoms with Crippen LogP contribution in [0.5, 0.6) is 11.5 Å². The molecule has 2 N–H and O–H groups in total. The molecule has 0 bridgehead atoms. The van der Waals surface area contributed by atoms with Crippen LogP contribution in [0.3, 0.4) is 0 Å². The van der Waals surface area contributed by atoms with Gasteiger partial charge in [0.1, 0.15) is 18.1 Å². The number of carbonyl (C=O) groups excluding carboxylic acids is 1. The highest BCUT2D eigenvalue weighted by Crippen LogP contribution is 2.17. The quantitative estimate of drug-likeness (QED) is 0.557. The van der Waals surface area contributed by atoms with Crippen LogP contribution >= 0.6 is 0 Å². The van der Waals surface area contributed by atoms with E-state index in [0.29, 0.717) is 26.3 Å². The number of ether oxygens (including phenoxy) is 2. The van der Waals surface area contributed by atoms with Crippen molar-refractivity contribution in [3.05, 3.63) is 36.9 Å². The van der Waals surface area contributed by atoms with Crippen molar-refractivity contribution in [1.29, 1.82) is 0 Å². The molecule has 5 nitrogen and oxygen atoms in total. The molecular formula is C14H20N2O3. The molecule has 0 aliphatic carbocycles. The summed E-state index contributed by atoms with van der Waals surface area (Å²) in [7, 11) is 0. The molecule has 1 aromatic carbocycles. The van der Waals surface area contributed by atoms with Crippen molar-refractivity contribution in [2.24, 2.45) is 0 Å². The lowest BCUT2D eigenvalue weighted by molar-refractivity contribution is 0.237. The summed E-state index contributed by atoms with van der Waals surface area (Å²) in [5.74, 6) is 1.56. The smallest absolute Gasteiger partial charge is 0.315 e. The fraction of sp³-hybridized carbons (Fsp3) is 0.357. The van der Waals surface area contributed by atoms with Crippen LogP contribution in [0.25, 0.3) is 0 Å². The topological polar surface area (TPSA) is 59.6 Å². The van der Waals surface area contributed by atoms with Crippen molar-refractivity contribution >= 4 is 6.03 Å². The van der Waals surface area contributed by atoms with E-state index in [1.807, 2.05) is 31.2 Å². The van der Waals surface area contributed by atoms with Crippen molar-refractivity contribution < 1.29 is 14.3 Å². The molecule has 0 aromatic heterocycles. The predicted octanol–water partition coefficient (Wildman–Crippen LogP) is 1.95. The molecule has 1 aromatic rings. The number of urea groups is 1. The van der Waals surface area contributed by atoms with E-state index in [2.05, 4.69) is 17.2 Å². The summed E-state index contributed by atoms with van der Waals surface area (Å²) in [4.78, 5) is 11.2. The molecule has 0 spiro atoms. The maximum absolute atomic E-state index is 11.2. The number of amides is 2. The van der Waals surface area contributed by atoms with Crippen molar-refractivity contribution in [2.75, 3.05) is 26.3 Å². The summed E-state index contributed by atoms with van der Waals surface area (Å²) in [6, 6.07) is 7.15. The van der Waals surface area contributed by atoms with Crippen LogP contribution in [-0.4, -0.2) is 32.3 Å². The maximum atomic E-state index is 11.2. The van der Waals surface area contributed by atoms with Gasteiger partial charge in [0, 0.05) is 6.54 Å². The second-order valence-electron chi connectivity index (χ2n) is 3.68. The highest BCUT2D eigenvalue weighted by atomic mass is 16.5. The Kier molecular flexibility index (Phi) is 6.94. The summed E-state index contributed by atoms with van der Waals surface area (Å²) in [5, 5.41) is 5.28. The molecule has 2 amide bonds. The molecule has 0 unspecified atom stereocenters. The van der Waals surface area contributed by atoms with Gasteiger partial charge in [-0.3, -0.25) is 0 Å². The summed E-state index contributed by atoms with van der Waals surface area (Å²) in [6.07, 6.45) is 1.62. The highest BCUT2D eigenvalue weighted by Gasteiger charge is 1.98. The van der Waals surface area contributed by atoms with E-state index in [1.165, 1.54) is 0 Å². The second-order valence-corrected chi connectivity index (χ2v) is 3.68. The number of benzene rings is 1. The molecular weight excluding hydrogens is 244 g/mol. The van der Waals surface area contributed by atoms with Crippen LogP contribution in [0.2, 0.25) is 0 Å². The van der Waals surface area contributed by atoms with E-state index in [9.17, 15) is 4.79 Å². The Morgan fingerprint density at radius 3 is 2.42 bits per heavy atom. The number of nitrogens with one attached hydrogen (secondary N) is 2. The van der Waals surface area contributed by atoms with Crippen LogP contribution in [0.4, 0.5) is 4.79 Å². The maximum Gasteiger partial charge on any atom is 0.315 e. The van der Waals surface area contributed by atoms with E-state index < -0.39 is 0 Å². The molecule has 0 fully saturated rings. The van der Waals surface area contributed by atoms with E-state index in [0.717, 1.165) is 11.5 Å². The summed E-state index contributed by atoms with van der Waals surface area (Å²) in [6.45, 7) is 7.40. The Hall–Kier alpha value is -2.17. The third kappa shape index (κ3) is 6.35. The SMILES string of the molecule is C=CCNC(=O)NCCOc1ccc(OCC)cc1. The zero-order chi connectivity index (χ0) is 13.9. The molecule has 0 atom stereocenters. The van der Waals surface area contributed by atoms with Crippen molar-refractivity contribution in [1.82, 2.24) is 10.6 Å². The van der Waals surface area contributed by atoms with Gasteiger partial charge in [0.2, 0.25) is 0 Å². The standard InChI is InChI=1S/C14H20N2O3/c1-3-9-15-14(17)16-10-11-19-13-7-5-12(6-8-13)18-4-2/h3,5-8H,1,4,9-11H2,2H3,(H2,15,16,17). The average molecular weight is 264 g/mol. The van der Waals surface area contributed by atoms with Crippen molar-refractivity contribution in [3.8, 4) is 11.5 Å². The molecule has 0 saturated heterocycles. The zero-order valence-electron chi connectivity index (χ0n) is 11.1. The first-order valence-electron chi connectivity index (χ1n) is 6.24. The molecule has 0 aliphatic rings. The normalized spacial score (nSPS) is 9.53. The predicted molar refractivity (Wildman–Crippen MR) is 74.7 cm³/mol. The molecule has 0 saturated carbocycles. The highest BCUT2D eigenvalue weighted by molar-refractivity contribution is 5.73. The molecule has 19 heavy (non-hydrogen) atoms. The minimum Gasteiger partial charge on any atom is -0.494 e. The minimum absolute atomic E-state index is 0.227. The first-order valence-corrected chi connectivity index (χ1v) is 6.24. The van der Waals surface area contributed by atoms with Gasteiger partial charge < -0.3 is 20.1 Å². The van der Waals surface area contributed by atoms with E-state index in [4.69, 9.17) is 9.47 Å². The Morgan fingerprint density at radius 1 is 1.21 bits per heavy atom. The fourth-order valence-corrected chi connectivity index (χ4v) is 1.36. The lowest BCUT2D eigenvalue weighted by Gasteiger charge is -2.09. The largest absolute Gasteiger partial charge is 0.494 e. The molecule has 0 radical (unpaired) electrons. The van der Waals surface area contributed by atoms with Gasteiger partial charge in [0.15, 0.2) is 0 Å². The summed E-state index contributed by atoms with van der Waals surface area (Å²) < 4.78 is 10.8. The van der Waals surface area contributed by atoms with E-state index in [1.54, 1.807) is 6.08 Å². The lowest BCUT2D eigenvalue weighted by atomic mass is 10.3. The Balaban J connectivity index is 2.18. The Morgan fingerprint density at radius 2 is 1.84 bits per heavy atom. The summed E-state index contributed by atoms with van der Waals surface area (Å²) >= 11 is 0.